The van der Waals surface area contributed by atoms with E-state index in [1.54, 1.807) is 0 Å². The van der Waals surface area contributed by atoms with E-state index in [0.29, 0.717) is 22.6 Å². The molecule has 258 valence electrons. The van der Waals surface area contributed by atoms with Crippen LogP contribution >= 0.6 is 0 Å². The van der Waals surface area contributed by atoms with E-state index in [9.17, 15) is 10.2 Å². The number of aliphatic imine (C=N–C) groups is 2. The molecule has 0 spiro atoms. The number of rotatable bonds is 4. The Kier molecular flexibility index (Phi) is 13.0. The number of methoxy groups -OCH3 is 2. The molecule has 9 heteroatoms. The number of nitrogens with zero attached hydrogens (tertiary/aromatic N) is 4. The molecule has 3 aromatic rings. The van der Waals surface area contributed by atoms with Gasteiger partial charge in [0.25, 0.3) is 0 Å². The van der Waals surface area contributed by atoms with Crippen molar-refractivity contribution < 1.29 is 36.2 Å². The van der Waals surface area contributed by atoms with E-state index in [1.807, 2.05) is 41.5 Å². The van der Waals surface area contributed by atoms with Crippen LogP contribution in [0.3, 0.4) is 0 Å². The smallest absolute Gasteiger partial charge is 0.873 e. The number of amidine groups is 2. The van der Waals surface area contributed by atoms with E-state index in [2.05, 4.69) is 88.0 Å². The molecule has 0 amide bonds. The predicted octanol–water partition coefficient (Wildman–Crippen LogP) is 7.00. The number of likely N-dealkylation sites (N-methyl/N-ethyl adjacent to an activating group) is 2. The van der Waals surface area contributed by atoms with E-state index < -0.39 is 22.3 Å². The molecule has 47 heavy (non-hydrogen) atoms. The molecule has 8 nitrogen and oxygen atoms in total. The van der Waals surface area contributed by atoms with Crippen LogP contribution in [0, 0.1) is 27.7 Å². The van der Waals surface area contributed by atoms with Crippen LogP contribution in [-0.4, -0.2) is 62.9 Å². The Morgan fingerprint density at radius 1 is 0.596 bits per heavy atom. The third-order valence-electron chi connectivity index (χ3n) is 8.24. The maximum atomic E-state index is 12.5. The summed E-state index contributed by atoms with van der Waals surface area (Å²) in [5.74, 6) is 1.60. The summed E-state index contributed by atoms with van der Waals surface area (Å²) in [5, 5.41) is 25.0. The zero-order valence-electron chi connectivity index (χ0n) is 30.6. The number of hydrogen-bond acceptors (Lipinski definition) is 6. The fourth-order valence-electron chi connectivity index (χ4n) is 5.71. The summed E-state index contributed by atoms with van der Waals surface area (Å²) >= 11 is 0. The first-order valence-electron chi connectivity index (χ1n) is 15.7. The maximum absolute atomic E-state index is 12.5. The second kappa shape index (κ2) is 15.5. The molecular formula is C38H52N4NiO4. The van der Waals surface area contributed by atoms with E-state index >= 15 is 0 Å². The largest absolute Gasteiger partial charge is 2.00 e. The third-order valence-corrected chi connectivity index (χ3v) is 8.24. The van der Waals surface area contributed by atoms with Gasteiger partial charge in [-0.15, -0.1) is 11.5 Å². The van der Waals surface area contributed by atoms with Crippen molar-refractivity contribution in [2.45, 2.75) is 80.1 Å². The van der Waals surface area contributed by atoms with Crippen molar-refractivity contribution in [1.29, 1.82) is 0 Å². The van der Waals surface area contributed by atoms with Crippen LogP contribution in [0.4, 0.5) is 11.4 Å². The fraction of sp³-hybridized carbons (Fsp3) is 0.474. The van der Waals surface area contributed by atoms with E-state index in [-0.39, 0.29) is 16.5 Å². The van der Waals surface area contributed by atoms with Crippen molar-refractivity contribution in [3.63, 3.8) is 0 Å². The van der Waals surface area contributed by atoms with Gasteiger partial charge < -0.3 is 29.5 Å². The van der Waals surface area contributed by atoms with Gasteiger partial charge in [-0.1, -0.05) is 77.9 Å². The van der Waals surface area contributed by atoms with Gasteiger partial charge >= 0.3 is 16.5 Å². The molecule has 0 bridgehead atoms. The molecule has 0 atom stereocenters. The number of benzene rings is 3. The van der Waals surface area contributed by atoms with Gasteiger partial charge in [-0.25, -0.2) is 9.98 Å². The van der Waals surface area contributed by atoms with Crippen molar-refractivity contribution in [2.75, 3.05) is 41.4 Å². The maximum Gasteiger partial charge on any atom is 2.00 e. The number of para-hydroxylation sites is 2. The van der Waals surface area contributed by atoms with Gasteiger partial charge in [-0.3, -0.25) is 0 Å². The molecule has 0 radical (unpaired) electrons. The molecule has 0 unspecified atom stereocenters. The first-order valence-corrected chi connectivity index (χ1v) is 15.7. The van der Waals surface area contributed by atoms with Crippen LogP contribution in [0.5, 0.6) is 23.0 Å². The topological polar surface area (TPSA) is 95.8 Å². The van der Waals surface area contributed by atoms with Crippen LogP contribution in [-0.2, 0) is 27.3 Å². The average molecular weight is 688 g/mol. The van der Waals surface area contributed by atoms with Crippen molar-refractivity contribution in [1.82, 2.24) is 9.80 Å². The molecule has 1 aliphatic rings. The first kappa shape index (κ1) is 39.5. The van der Waals surface area contributed by atoms with Gasteiger partial charge in [0.05, 0.1) is 25.6 Å². The number of ether oxygens (including phenoxy) is 2. The normalized spacial score (nSPS) is 15.3. The molecule has 1 fully saturated rings. The predicted molar refractivity (Wildman–Crippen MR) is 187 cm³/mol. The summed E-state index contributed by atoms with van der Waals surface area (Å²) in [6.45, 7) is 21.6. The molecule has 0 aromatic heterocycles. The molecule has 1 aliphatic heterocycles. The van der Waals surface area contributed by atoms with E-state index in [4.69, 9.17) is 19.5 Å². The van der Waals surface area contributed by atoms with Crippen LogP contribution in [0.15, 0.2) is 46.4 Å². The van der Waals surface area contributed by atoms with Gasteiger partial charge in [0.1, 0.15) is 0 Å². The number of piperazine rings is 1. The molecule has 1 heterocycles. The molecule has 1 saturated heterocycles. The third kappa shape index (κ3) is 8.61. The van der Waals surface area contributed by atoms with E-state index in [0.717, 1.165) is 36.1 Å². The Morgan fingerprint density at radius 2 is 0.872 bits per heavy atom. The summed E-state index contributed by atoms with van der Waals surface area (Å²) in [4.78, 5) is 14.5. The molecule has 3 aromatic carbocycles. The van der Waals surface area contributed by atoms with Crippen LogP contribution in [0.2, 0.25) is 0 Å². The summed E-state index contributed by atoms with van der Waals surface area (Å²) in [6.07, 6.45) is 0. The molecule has 4 rings (SSSR count). The Hall–Kier alpha value is -3.71. The SMILES string of the molecule is COc1c(OC)c(C(C)(C)C)c([O-])c([O-])c1C(C)(C)C.Cc1cccc(C)c1N=C1C(=Nc2c(C)cccc2C)N(C)CCN1C.[Ni+2]. The second-order valence-electron chi connectivity index (χ2n) is 14.2. The molecule has 0 aliphatic carbocycles. The van der Waals surface area contributed by atoms with Crippen molar-refractivity contribution in [3.05, 3.63) is 69.8 Å². The Morgan fingerprint density at radius 3 is 1.11 bits per heavy atom. The Labute approximate surface area is 292 Å². The minimum atomic E-state index is -0.500. The van der Waals surface area contributed by atoms with E-state index in [1.165, 1.54) is 36.5 Å². The summed E-state index contributed by atoms with van der Waals surface area (Å²) in [7, 11) is 7.17. The number of aryl methyl sites for hydroxylation is 4. The quantitative estimate of drug-likeness (QED) is 0.274. The summed E-state index contributed by atoms with van der Waals surface area (Å²) in [6, 6.07) is 12.6. The van der Waals surface area contributed by atoms with Crippen LogP contribution < -0.4 is 19.7 Å². The zero-order valence-corrected chi connectivity index (χ0v) is 31.6. The minimum Gasteiger partial charge on any atom is -0.873 e. The van der Waals surface area contributed by atoms with Gasteiger partial charge in [0.2, 0.25) is 0 Å². The average Bonchev–Trinajstić information content (AvgIpc) is 2.95. The molecular weight excluding hydrogens is 635 g/mol. The Bertz CT molecular complexity index is 1470. The zero-order chi connectivity index (χ0) is 34.7. The number of hydrogen-bond donors (Lipinski definition) is 0. The van der Waals surface area contributed by atoms with Crippen molar-refractivity contribution >= 4 is 23.0 Å². The first-order chi connectivity index (χ1) is 21.3. The van der Waals surface area contributed by atoms with Crippen LogP contribution in [0.25, 0.3) is 0 Å². The minimum absolute atomic E-state index is 0. The summed E-state index contributed by atoms with van der Waals surface area (Å²) in [5.41, 5.74) is 6.57. The fourth-order valence-corrected chi connectivity index (χ4v) is 5.71. The van der Waals surface area contributed by atoms with Gasteiger partial charge in [0, 0.05) is 27.2 Å². The summed E-state index contributed by atoms with van der Waals surface area (Å²) < 4.78 is 10.8. The second-order valence-corrected chi connectivity index (χ2v) is 14.2. The van der Waals surface area contributed by atoms with Gasteiger partial charge in [-0.2, -0.15) is 0 Å². The van der Waals surface area contributed by atoms with Crippen LogP contribution in [0.1, 0.15) is 74.9 Å². The Balaban J connectivity index is 0.000000332. The monoisotopic (exact) mass is 686 g/mol. The van der Waals surface area contributed by atoms with Gasteiger partial charge in [-0.05, 0) is 71.9 Å². The van der Waals surface area contributed by atoms with Gasteiger partial charge in [0.15, 0.2) is 23.2 Å². The van der Waals surface area contributed by atoms with Crippen molar-refractivity contribution in [3.8, 4) is 23.0 Å². The standard InChI is InChI=1S/C22H28N4.C16H26O4.Ni/c1-15-9-7-10-16(2)19(15)23-21-22(26(6)14-13-25(21)5)24-20-17(3)11-8-12-18(20)4;1-15(2,3)9-11(17)12(18)10(16(4,5)6)14(20-8)13(9)19-7;/h7-12H,13-14H2,1-6H3;17-18H,1-8H3;/q;;+2/p-2. The molecule has 0 saturated carbocycles. The van der Waals surface area contributed by atoms with Crippen molar-refractivity contribution in [2.24, 2.45) is 9.98 Å². The molecule has 0 N–H and O–H groups in total.